The van der Waals surface area contributed by atoms with Crippen molar-refractivity contribution in [2.24, 2.45) is 0 Å². The maximum absolute atomic E-state index is 6.24. The Bertz CT molecular complexity index is 408. The highest BCUT2D eigenvalue weighted by Crippen LogP contribution is 2.32. The molecule has 92 valence electrons. The van der Waals surface area contributed by atoms with Gasteiger partial charge in [0.15, 0.2) is 0 Å². The first kappa shape index (κ1) is 11.8. The molecule has 1 aliphatic heterocycles. The first-order chi connectivity index (χ1) is 8.24. The molecule has 1 saturated heterocycles. The van der Waals surface area contributed by atoms with Crippen LogP contribution in [-0.2, 0) is 0 Å². The lowest BCUT2D eigenvalue weighted by atomic mass is 9.92. The van der Waals surface area contributed by atoms with E-state index in [9.17, 15) is 0 Å². The maximum Gasteiger partial charge on any atom is 0.0855 e. The molecule has 1 heterocycles. The van der Waals surface area contributed by atoms with E-state index >= 15 is 0 Å². The van der Waals surface area contributed by atoms with Crippen molar-refractivity contribution in [3.05, 3.63) is 33.8 Å². The van der Waals surface area contributed by atoms with Gasteiger partial charge in [0.25, 0.3) is 0 Å². The summed E-state index contributed by atoms with van der Waals surface area (Å²) in [6, 6.07) is 6.91. The molecule has 1 aromatic rings. The topological polar surface area (TPSA) is 24.1 Å². The molecule has 0 bridgehead atoms. The molecular formula is C13H16Cl2N2. The number of hydrogen-bond donors (Lipinski definition) is 2. The summed E-state index contributed by atoms with van der Waals surface area (Å²) in [7, 11) is 0. The third kappa shape index (κ3) is 2.32. The third-order valence-corrected chi connectivity index (χ3v) is 4.36. The lowest BCUT2D eigenvalue weighted by molar-refractivity contribution is 0.374. The second-order valence-electron chi connectivity index (χ2n) is 4.93. The van der Waals surface area contributed by atoms with E-state index in [0.29, 0.717) is 17.1 Å². The van der Waals surface area contributed by atoms with Gasteiger partial charge in [0.1, 0.15) is 0 Å². The highest BCUT2D eigenvalue weighted by atomic mass is 35.5. The van der Waals surface area contributed by atoms with Gasteiger partial charge in [0.05, 0.1) is 6.17 Å². The van der Waals surface area contributed by atoms with E-state index in [4.69, 9.17) is 23.2 Å². The Morgan fingerprint density at radius 1 is 1.00 bits per heavy atom. The van der Waals surface area contributed by atoms with Gasteiger partial charge in [0.2, 0.25) is 0 Å². The Kier molecular flexibility index (Phi) is 3.31. The van der Waals surface area contributed by atoms with Crippen molar-refractivity contribution >= 4 is 23.2 Å². The minimum Gasteiger partial charge on any atom is -0.294 e. The predicted molar refractivity (Wildman–Crippen MR) is 71.5 cm³/mol. The molecule has 2 unspecified atom stereocenters. The Balaban J connectivity index is 1.81. The second-order valence-corrected chi connectivity index (χ2v) is 5.77. The van der Waals surface area contributed by atoms with Gasteiger partial charge >= 0.3 is 0 Å². The SMILES string of the molecule is Clc1ccc(C2NC3CCCCC3N2)c(Cl)c1. The molecule has 1 aliphatic carbocycles. The van der Waals surface area contributed by atoms with Crippen molar-refractivity contribution in [3.8, 4) is 0 Å². The van der Waals surface area contributed by atoms with Gasteiger partial charge in [-0.15, -0.1) is 0 Å². The van der Waals surface area contributed by atoms with E-state index in [1.54, 1.807) is 0 Å². The molecule has 4 heteroatoms. The van der Waals surface area contributed by atoms with E-state index in [0.717, 1.165) is 10.6 Å². The third-order valence-electron chi connectivity index (χ3n) is 3.80. The van der Waals surface area contributed by atoms with Crippen LogP contribution in [-0.4, -0.2) is 12.1 Å². The number of rotatable bonds is 1. The average Bonchev–Trinajstić information content (AvgIpc) is 2.72. The van der Waals surface area contributed by atoms with Crippen LogP contribution in [0.15, 0.2) is 18.2 Å². The van der Waals surface area contributed by atoms with Gasteiger partial charge in [0, 0.05) is 27.7 Å². The number of halogens is 2. The van der Waals surface area contributed by atoms with Crippen LogP contribution < -0.4 is 10.6 Å². The monoisotopic (exact) mass is 270 g/mol. The molecule has 1 saturated carbocycles. The van der Waals surface area contributed by atoms with E-state index in [-0.39, 0.29) is 6.17 Å². The summed E-state index contributed by atoms with van der Waals surface area (Å²) in [6.45, 7) is 0. The lowest BCUT2D eigenvalue weighted by Crippen LogP contribution is -2.36. The summed E-state index contributed by atoms with van der Waals surface area (Å²) in [4.78, 5) is 0. The molecule has 0 aromatic heterocycles. The van der Waals surface area contributed by atoms with E-state index in [1.165, 1.54) is 25.7 Å². The van der Waals surface area contributed by atoms with Crippen molar-refractivity contribution in [2.45, 2.75) is 43.9 Å². The van der Waals surface area contributed by atoms with Crippen molar-refractivity contribution in [1.82, 2.24) is 10.6 Å². The first-order valence-electron chi connectivity index (χ1n) is 6.21. The van der Waals surface area contributed by atoms with Crippen LogP contribution >= 0.6 is 23.2 Å². The summed E-state index contributed by atoms with van der Waals surface area (Å²) >= 11 is 12.2. The van der Waals surface area contributed by atoms with Gasteiger partial charge in [-0.2, -0.15) is 0 Å². The molecule has 2 atom stereocenters. The molecule has 17 heavy (non-hydrogen) atoms. The average molecular weight is 271 g/mol. The van der Waals surface area contributed by atoms with E-state index in [2.05, 4.69) is 10.6 Å². The van der Waals surface area contributed by atoms with Gasteiger partial charge in [-0.3, -0.25) is 10.6 Å². The molecule has 2 nitrogen and oxygen atoms in total. The van der Waals surface area contributed by atoms with Crippen LogP contribution in [0.5, 0.6) is 0 Å². The van der Waals surface area contributed by atoms with Crippen molar-refractivity contribution in [2.75, 3.05) is 0 Å². The van der Waals surface area contributed by atoms with Crippen molar-refractivity contribution < 1.29 is 0 Å². The fourth-order valence-electron chi connectivity index (χ4n) is 2.92. The van der Waals surface area contributed by atoms with E-state index in [1.807, 2.05) is 18.2 Å². The minimum atomic E-state index is 0.174. The number of hydrogen-bond acceptors (Lipinski definition) is 2. The maximum atomic E-state index is 6.24. The lowest BCUT2D eigenvalue weighted by Gasteiger charge is -2.23. The molecular weight excluding hydrogens is 255 g/mol. The Hall–Kier alpha value is -0.280. The summed E-state index contributed by atoms with van der Waals surface area (Å²) in [5.74, 6) is 0. The molecule has 3 rings (SSSR count). The highest BCUT2D eigenvalue weighted by Gasteiger charge is 2.35. The fraction of sp³-hybridized carbons (Fsp3) is 0.538. The van der Waals surface area contributed by atoms with Gasteiger partial charge in [-0.1, -0.05) is 42.1 Å². The number of nitrogens with one attached hydrogen (secondary N) is 2. The van der Waals surface area contributed by atoms with Crippen LogP contribution in [0.3, 0.4) is 0 Å². The minimum absolute atomic E-state index is 0.174. The Morgan fingerprint density at radius 3 is 2.24 bits per heavy atom. The molecule has 0 spiro atoms. The zero-order chi connectivity index (χ0) is 11.8. The van der Waals surface area contributed by atoms with Gasteiger partial charge in [-0.25, -0.2) is 0 Å². The van der Waals surface area contributed by atoms with Crippen LogP contribution in [0, 0.1) is 0 Å². The van der Waals surface area contributed by atoms with Gasteiger partial charge < -0.3 is 0 Å². The normalized spacial score (nSPS) is 32.5. The number of benzene rings is 1. The summed E-state index contributed by atoms with van der Waals surface area (Å²) in [5.41, 5.74) is 1.10. The molecule has 1 aromatic carbocycles. The fourth-order valence-corrected chi connectivity index (χ4v) is 3.44. The van der Waals surface area contributed by atoms with Gasteiger partial charge in [-0.05, 0) is 25.0 Å². The molecule has 2 N–H and O–H groups in total. The second kappa shape index (κ2) is 4.77. The predicted octanol–water partition coefficient (Wildman–Crippen LogP) is 3.50. The smallest absolute Gasteiger partial charge is 0.0855 e. The van der Waals surface area contributed by atoms with Crippen molar-refractivity contribution in [1.29, 1.82) is 0 Å². The molecule has 0 radical (unpaired) electrons. The molecule has 2 aliphatic rings. The standard InChI is InChI=1S/C13H16Cl2N2/c14-8-5-6-9(10(15)7-8)13-16-11-3-1-2-4-12(11)17-13/h5-7,11-13,16-17H,1-4H2. The van der Waals surface area contributed by atoms with Crippen LogP contribution in [0.1, 0.15) is 37.4 Å². The summed E-state index contributed by atoms with van der Waals surface area (Å²) < 4.78 is 0. The molecule has 2 fully saturated rings. The van der Waals surface area contributed by atoms with Crippen LogP contribution in [0.2, 0.25) is 10.0 Å². The zero-order valence-electron chi connectivity index (χ0n) is 9.55. The summed E-state index contributed by atoms with van der Waals surface area (Å²) in [5, 5.41) is 8.69. The van der Waals surface area contributed by atoms with Crippen molar-refractivity contribution in [3.63, 3.8) is 0 Å². The Morgan fingerprint density at radius 2 is 1.65 bits per heavy atom. The molecule has 0 amide bonds. The van der Waals surface area contributed by atoms with Crippen LogP contribution in [0.25, 0.3) is 0 Å². The Labute approximate surface area is 112 Å². The quantitative estimate of drug-likeness (QED) is 0.817. The summed E-state index contributed by atoms with van der Waals surface area (Å²) in [6.07, 6.45) is 5.36. The largest absolute Gasteiger partial charge is 0.294 e. The number of fused-ring (bicyclic) bond motifs is 1. The van der Waals surface area contributed by atoms with E-state index < -0.39 is 0 Å². The first-order valence-corrected chi connectivity index (χ1v) is 6.97. The zero-order valence-corrected chi connectivity index (χ0v) is 11.1. The highest BCUT2D eigenvalue weighted by molar-refractivity contribution is 6.35. The van der Waals surface area contributed by atoms with Crippen LogP contribution in [0.4, 0.5) is 0 Å².